The third-order valence-electron chi connectivity index (χ3n) is 2.58. The summed E-state index contributed by atoms with van der Waals surface area (Å²) in [6.07, 6.45) is 2.23. The summed E-state index contributed by atoms with van der Waals surface area (Å²) in [6.45, 7) is 2.73. The van der Waals surface area contributed by atoms with Gasteiger partial charge in [-0.15, -0.1) is 0 Å². The summed E-state index contributed by atoms with van der Waals surface area (Å²) >= 11 is 5.76. The van der Waals surface area contributed by atoms with Gasteiger partial charge in [0.15, 0.2) is 0 Å². The molecule has 4 nitrogen and oxygen atoms in total. The smallest absolute Gasteiger partial charge is 0.239 e. The van der Waals surface area contributed by atoms with Crippen LogP contribution < -0.4 is 10.6 Å². The van der Waals surface area contributed by atoms with E-state index in [0.717, 1.165) is 18.4 Å². The van der Waals surface area contributed by atoms with Crippen molar-refractivity contribution < 1.29 is 9.59 Å². The molecule has 1 rings (SSSR count). The Bertz CT molecular complexity index is 418. The monoisotopic (exact) mass is 282 g/mol. The van der Waals surface area contributed by atoms with Crippen molar-refractivity contribution in [3.63, 3.8) is 0 Å². The van der Waals surface area contributed by atoms with Crippen LogP contribution in [0, 0.1) is 0 Å². The van der Waals surface area contributed by atoms with Crippen molar-refractivity contribution in [2.24, 2.45) is 0 Å². The SMILES string of the molecule is CCCCNC(=O)CNC(=O)Cc1ccc(Cl)cc1. The lowest BCUT2D eigenvalue weighted by Crippen LogP contribution is -2.37. The van der Waals surface area contributed by atoms with Crippen LogP contribution in [0.25, 0.3) is 0 Å². The molecule has 0 saturated heterocycles. The van der Waals surface area contributed by atoms with Crippen LogP contribution in [0.3, 0.4) is 0 Å². The average Bonchev–Trinajstić information content (AvgIpc) is 2.39. The second-order valence-electron chi connectivity index (χ2n) is 4.28. The Hall–Kier alpha value is -1.55. The molecule has 104 valence electrons. The van der Waals surface area contributed by atoms with Gasteiger partial charge in [0, 0.05) is 11.6 Å². The minimum absolute atomic E-state index is 0.0239. The highest BCUT2D eigenvalue weighted by Crippen LogP contribution is 2.09. The van der Waals surface area contributed by atoms with E-state index in [1.54, 1.807) is 24.3 Å². The molecule has 2 N–H and O–H groups in total. The van der Waals surface area contributed by atoms with Gasteiger partial charge in [-0.05, 0) is 24.1 Å². The first-order valence-corrected chi connectivity index (χ1v) is 6.77. The quantitative estimate of drug-likeness (QED) is 0.751. The minimum atomic E-state index is -0.173. The molecule has 1 aromatic rings. The fraction of sp³-hybridized carbons (Fsp3) is 0.429. The fourth-order valence-electron chi connectivity index (χ4n) is 1.50. The molecule has 0 bridgehead atoms. The molecule has 0 spiro atoms. The minimum Gasteiger partial charge on any atom is -0.355 e. The van der Waals surface area contributed by atoms with Gasteiger partial charge in [-0.2, -0.15) is 0 Å². The summed E-state index contributed by atoms with van der Waals surface area (Å²) in [5.41, 5.74) is 0.869. The van der Waals surface area contributed by atoms with E-state index in [4.69, 9.17) is 11.6 Å². The number of unbranched alkanes of at least 4 members (excludes halogenated alkanes) is 1. The maximum atomic E-state index is 11.6. The zero-order chi connectivity index (χ0) is 14.1. The molecule has 0 aromatic heterocycles. The zero-order valence-corrected chi connectivity index (χ0v) is 11.8. The molecule has 0 aliphatic heterocycles. The van der Waals surface area contributed by atoms with Crippen molar-refractivity contribution in [1.82, 2.24) is 10.6 Å². The van der Waals surface area contributed by atoms with Gasteiger partial charge < -0.3 is 10.6 Å². The molecule has 0 saturated carbocycles. The maximum Gasteiger partial charge on any atom is 0.239 e. The summed E-state index contributed by atoms with van der Waals surface area (Å²) in [5, 5.41) is 5.97. The second kappa shape index (κ2) is 8.53. The first kappa shape index (κ1) is 15.5. The first-order chi connectivity index (χ1) is 9.11. The van der Waals surface area contributed by atoms with E-state index in [-0.39, 0.29) is 24.8 Å². The number of halogens is 1. The van der Waals surface area contributed by atoms with Crippen LogP contribution in [0.4, 0.5) is 0 Å². The molecule has 0 heterocycles. The lowest BCUT2D eigenvalue weighted by molar-refractivity contribution is -0.125. The molecule has 0 fully saturated rings. The van der Waals surface area contributed by atoms with Crippen molar-refractivity contribution >= 4 is 23.4 Å². The van der Waals surface area contributed by atoms with Gasteiger partial charge in [-0.25, -0.2) is 0 Å². The molecular weight excluding hydrogens is 264 g/mol. The molecule has 0 unspecified atom stereocenters. The average molecular weight is 283 g/mol. The van der Waals surface area contributed by atoms with Crippen LogP contribution in [0.5, 0.6) is 0 Å². The van der Waals surface area contributed by atoms with Crippen LogP contribution >= 0.6 is 11.6 Å². The van der Waals surface area contributed by atoms with Gasteiger partial charge in [-0.3, -0.25) is 9.59 Å². The molecule has 0 aliphatic carbocycles. The van der Waals surface area contributed by atoms with Gasteiger partial charge in [0.25, 0.3) is 0 Å². The van der Waals surface area contributed by atoms with Crippen LogP contribution in [-0.4, -0.2) is 24.9 Å². The highest BCUT2D eigenvalue weighted by molar-refractivity contribution is 6.30. The van der Waals surface area contributed by atoms with E-state index in [0.29, 0.717) is 11.6 Å². The van der Waals surface area contributed by atoms with Crippen molar-refractivity contribution in [1.29, 1.82) is 0 Å². The fourth-order valence-corrected chi connectivity index (χ4v) is 1.62. The van der Waals surface area contributed by atoms with Gasteiger partial charge >= 0.3 is 0 Å². The Morgan fingerprint density at radius 1 is 1.11 bits per heavy atom. The maximum absolute atomic E-state index is 11.6. The summed E-state index contributed by atoms with van der Waals surface area (Å²) in [7, 11) is 0. The number of carbonyl (C=O) groups is 2. The summed E-state index contributed by atoms with van der Waals surface area (Å²) < 4.78 is 0. The number of hydrogen-bond donors (Lipinski definition) is 2. The Balaban J connectivity index is 2.24. The number of benzene rings is 1. The van der Waals surface area contributed by atoms with Crippen molar-refractivity contribution in [2.75, 3.05) is 13.1 Å². The van der Waals surface area contributed by atoms with Crippen LogP contribution in [0.2, 0.25) is 5.02 Å². The van der Waals surface area contributed by atoms with Crippen molar-refractivity contribution in [2.45, 2.75) is 26.2 Å². The molecular formula is C14H19ClN2O2. The Morgan fingerprint density at radius 3 is 2.42 bits per heavy atom. The van der Waals surface area contributed by atoms with Gasteiger partial charge in [0.2, 0.25) is 11.8 Å². The molecule has 0 radical (unpaired) electrons. The number of carbonyl (C=O) groups excluding carboxylic acids is 2. The highest BCUT2D eigenvalue weighted by Gasteiger charge is 2.06. The lowest BCUT2D eigenvalue weighted by Gasteiger charge is -2.06. The van der Waals surface area contributed by atoms with Gasteiger partial charge in [0.05, 0.1) is 13.0 Å². The normalized spacial score (nSPS) is 10.0. The molecule has 2 amide bonds. The molecule has 0 aliphatic rings. The predicted octanol–water partition coefficient (Wildman–Crippen LogP) is 1.91. The van der Waals surface area contributed by atoms with E-state index in [2.05, 4.69) is 17.6 Å². The summed E-state index contributed by atoms with van der Waals surface area (Å²) in [6, 6.07) is 7.07. The highest BCUT2D eigenvalue weighted by atomic mass is 35.5. The Morgan fingerprint density at radius 2 is 1.79 bits per heavy atom. The standard InChI is InChI=1S/C14H19ClN2O2/c1-2-3-8-16-14(19)10-17-13(18)9-11-4-6-12(15)7-5-11/h4-7H,2-3,8-10H2,1H3,(H,16,19)(H,17,18). The van der Waals surface area contributed by atoms with Crippen molar-refractivity contribution in [3.05, 3.63) is 34.9 Å². The Labute approximate surface area is 118 Å². The Kier molecular flexibility index (Phi) is 6.97. The number of rotatable bonds is 7. The molecule has 1 aromatic carbocycles. The van der Waals surface area contributed by atoms with Crippen LogP contribution in [-0.2, 0) is 16.0 Å². The van der Waals surface area contributed by atoms with Crippen LogP contribution in [0.1, 0.15) is 25.3 Å². The number of nitrogens with one attached hydrogen (secondary N) is 2. The first-order valence-electron chi connectivity index (χ1n) is 6.39. The van der Waals surface area contributed by atoms with E-state index < -0.39 is 0 Å². The van der Waals surface area contributed by atoms with Crippen LogP contribution in [0.15, 0.2) is 24.3 Å². The van der Waals surface area contributed by atoms with Crippen molar-refractivity contribution in [3.8, 4) is 0 Å². The molecule has 5 heteroatoms. The van der Waals surface area contributed by atoms with E-state index >= 15 is 0 Å². The van der Waals surface area contributed by atoms with E-state index in [9.17, 15) is 9.59 Å². The summed E-state index contributed by atoms with van der Waals surface area (Å²) in [5.74, 6) is -0.328. The lowest BCUT2D eigenvalue weighted by atomic mass is 10.1. The third kappa shape index (κ3) is 6.82. The molecule has 0 atom stereocenters. The topological polar surface area (TPSA) is 58.2 Å². The predicted molar refractivity (Wildman–Crippen MR) is 76.1 cm³/mol. The van der Waals surface area contributed by atoms with Gasteiger partial charge in [-0.1, -0.05) is 37.1 Å². The van der Waals surface area contributed by atoms with Gasteiger partial charge in [0.1, 0.15) is 0 Å². The summed E-state index contributed by atoms with van der Waals surface area (Å²) in [4.78, 5) is 23.0. The van der Waals surface area contributed by atoms with E-state index in [1.807, 2.05) is 0 Å². The third-order valence-corrected chi connectivity index (χ3v) is 2.83. The zero-order valence-electron chi connectivity index (χ0n) is 11.0. The molecule has 19 heavy (non-hydrogen) atoms. The second-order valence-corrected chi connectivity index (χ2v) is 4.72. The largest absolute Gasteiger partial charge is 0.355 e. The number of hydrogen-bond acceptors (Lipinski definition) is 2. The number of amides is 2. The van der Waals surface area contributed by atoms with E-state index in [1.165, 1.54) is 0 Å².